The molecule has 2 aromatic rings. The van der Waals surface area contributed by atoms with Crippen LogP contribution in [-0.4, -0.2) is 52.8 Å². The van der Waals surface area contributed by atoms with Crippen molar-refractivity contribution < 1.29 is 4.74 Å². The van der Waals surface area contributed by atoms with Crippen molar-refractivity contribution in [2.24, 2.45) is 0 Å². The van der Waals surface area contributed by atoms with Crippen LogP contribution in [0.2, 0.25) is 0 Å². The van der Waals surface area contributed by atoms with E-state index in [1.807, 2.05) is 0 Å². The molecule has 2 aliphatic rings. The Labute approximate surface area is 147 Å². The van der Waals surface area contributed by atoms with Crippen molar-refractivity contribution in [1.29, 1.82) is 0 Å². The minimum absolute atomic E-state index is 0.630. The largest absolute Gasteiger partial charge is 0.378 e. The lowest BCUT2D eigenvalue weighted by molar-refractivity contribution is 0.122. The zero-order valence-corrected chi connectivity index (χ0v) is 14.4. The van der Waals surface area contributed by atoms with Gasteiger partial charge in [0, 0.05) is 32.0 Å². The molecule has 0 saturated carbocycles. The Morgan fingerprint density at radius 1 is 1.08 bits per heavy atom. The molecular weight excluding hydrogens is 316 g/mol. The molecule has 4 rings (SSSR count). The fraction of sp³-hybridized carbons (Fsp3) is 0.556. The van der Waals surface area contributed by atoms with E-state index < -0.39 is 0 Å². The highest BCUT2D eigenvalue weighted by atomic mass is 16.5. The van der Waals surface area contributed by atoms with E-state index in [2.05, 4.69) is 31.2 Å². The summed E-state index contributed by atoms with van der Waals surface area (Å²) in [4.78, 5) is 20.3. The smallest absolute Gasteiger partial charge is 0.226 e. The zero-order chi connectivity index (χ0) is 16.9. The van der Waals surface area contributed by atoms with Gasteiger partial charge in [0.1, 0.15) is 0 Å². The zero-order valence-electron chi connectivity index (χ0n) is 14.4. The first kappa shape index (κ1) is 16.2. The molecule has 7 heteroatoms. The van der Waals surface area contributed by atoms with Crippen LogP contribution in [-0.2, 0) is 4.74 Å². The number of rotatable bonds is 5. The average Bonchev–Trinajstić information content (AvgIpc) is 2.69. The summed E-state index contributed by atoms with van der Waals surface area (Å²) in [6, 6.07) is 0. The van der Waals surface area contributed by atoms with Crippen LogP contribution in [0.25, 0.3) is 11.2 Å². The molecule has 1 aliphatic heterocycles. The number of nitrogens with one attached hydrogen (secondary N) is 1. The Morgan fingerprint density at radius 3 is 2.80 bits per heavy atom. The van der Waals surface area contributed by atoms with Crippen molar-refractivity contribution in [3.63, 3.8) is 0 Å². The number of hydrogen-bond donors (Lipinski definition) is 1. The van der Waals surface area contributed by atoms with Gasteiger partial charge in [-0.25, -0.2) is 9.97 Å². The summed E-state index contributed by atoms with van der Waals surface area (Å²) in [6.07, 6.45) is 11.9. The molecule has 1 fully saturated rings. The molecule has 1 saturated heterocycles. The van der Waals surface area contributed by atoms with Crippen LogP contribution in [0.4, 0.5) is 11.8 Å². The first-order valence-corrected chi connectivity index (χ1v) is 9.13. The lowest BCUT2D eigenvalue weighted by atomic mass is 9.97. The standard InChI is InChI=1S/C18H24N6O/c1-2-4-14(5-3-1)6-7-21-18-22-16-15(19-8-9-20-16)17(23-18)24-10-12-25-13-11-24/h4,8-9H,1-3,5-7,10-13H2,(H,20,21,22,23). The molecule has 7 nitrogen and oxygen atoms in total. The first-order valence-electron chi connectivity index (χ1n) is 9.13. The van der Waals surface area contributed by atoms with Gasteiger partial charge in [-0.1, -0.05) is 11.6 Å². The Balaban J connectivity index is 1.53. The molecule has 0 unspecified atom stereocenters. The van der Waals surface area contributed by atoms with Crippen LogP contribution in [0.15, 0.2) is 24.0 Å². The van der Waals surface area contributed by atoms with E-state index in [0.717, 1.165) is 37.4 Å². The fourth-order valence-electron chi connectivity index (χ4n) is 3.39. The molecule has 1 N–H and O–H groups in total. The van der Waals surface area contributed by atoms with Crippen molar-refractivity contribution in [2.75, 3.05) is 43.1 Å². The molecule has 0 amide bonds. The molecule has 2 aromatic heterocycles. The minimum atomic E-state index is 0.630. The molecule has 1 aliphatic carbocycles. The second-order valence-electron chi connectivity index (χ2n) is 6.48. The van der Waals surface area contributed by atoms with Gasteiger partial charge in [-0.2, -0.15) is 9.97 Å². The summed E-state index contributed by atoms with van der Waals surface area (Å²) >= 11 is 0. The number of fused-ring (bicyclic) bond motifs is 1. The summed E-state index contributed by atoms with van der Waals surface area (Å²) in [5.41, 5.74) is 2.94. The molecular formula is C18H24N6O. The van der Waals surface area contributed by atoms with Gasteiger partial charge < -0.3 is 15.0 Å². The summed E-state index contributed by atoms with van der Waals surface area (Å²) < 4.78 is 5.45. The lowest BCUT2D eigenvalue weighted by Gasteiger charge is -2.28. The molecule has 0 radical (unpaired) electrons. The third-order valence-electron chi connectivity index (χ3n) is 4.74. The first-order chi connectivity index (χ1) is 12.4. The van der Waals surface area contributed by atoms with Crippen LogP contribution in [0.1, 0.15) is 32.1 Å². The summed E-state index contributed by atoms with van der Waals surface area (Å²) in [7, 11) is 0. The van der Waals surface area contributed by atoms with Crippen LogP contribution in [0.5, 0.6) is 0 Å². The van der Waals surface area contributed by atoms with E-state index in [-0.39, 0.29) is 0 Å². The van der Waals surface area contributed by atoms with E-state index in [4.69, 9.17) is 9.72 Å². The normalized spacial score (nSPS) is 18.2. The SMILES string of the molecule is C1=C(CCNc2nc(N3CCOCC3)c3nccnc3n2)CCCC1. The van der Waals surface area contributed by atoms with Gasteiger partial charge in [0.2, 0.25) is 5.95 Å². The van der Waals surface area contributed by atoms with Crippen molar-refractivity contribution in [2.45, 2.75) is 32.1 Å². The second-order valence-corrected chi connectivity index (χ2v) is 6.48. The molecule has 0 aromatic carbocycles. The Kier molecular flexibility index (Phi) is 5.01. The average molecular weight is 340 g/mol. The monoisotopic (exact) mass is 340 g/mol. The second kappa shape index (κ2) is 7.74. The topological polar surface area (TPSA) is 76.1 Å². The highest BCUT2D eigenvalue weighted by molar-refractivity contribution is 5.83. The summed E-state index contributed by atoms with van der Waals surface area (Å²) in [5, 5.41) is 3.37. The van der Waals surface area contributed by atoms with Gasteiger partial charge >= 0.3 is 0 Å². The predicted octanol–water partition coefficient (Wildman–Crippen LogP) is 2.56. The van der Waals surface area contributed by atoms with Gasteiger partial charge in [-0.3, -0.25) is 0 Å². The van der Waals surface area contributed by atoms with Crippen molar-refractivity contribution >= 4 is 22.9 Å². The number of anilines is 2. The highest BCUT2D eigenvalue weighted by Crippen LogP contribution is 2.24. The summed E-state index contributed by atoms with van der Waals surface area (Å²) in [5.74, 6) is 1.48. The molecule has 3 heterocycles. The van der Waals surface area contributed by atoms with Crippen molar-refractivity contribution in [3.05, 3.63) is 24.0 Å². The highest BCUT2D eigenvalue weighted by Gasteiger charge is 2.18. The van der Waals surface area contributed by atoms with E-state index in [9.17, 15) is 0 Å². The number of morpholine rings is 1. The quantitative estimate of drug-likeness (QED) is 0.838. The Bertz CT molecular complexity index is 756. The Morgan fingerprint density at radius 2 is 1.96 bits per heavy atom. The fourth-order valence-corrected chi connectivity index (χ4v) is 3.39. The third kappa shape index (κ3) is 3.87. The number of aromatic nitrogens is 4. The number of hydrogen-bond acceptors (Lipinski definition) is 7. The van der Waals surface area contributed by atoms with Crippen LogP contribution < -0.4 is 10.2 Å². The van der Waals surface area contributed by atoms with Gasteiger partial charge in [-0.15, -0.1) is 0 Å². The maximum atomic E-state index is 5.45. The lowest BCUT2D eigenvalue weighted by Crippen LogP contribution is -2.37. The Hall–Kier alpha value is -2.28. The van der Waals surface area contributed by atoms with Crippen molar-refractivity contribution in [1.82, 2.24) is 19.9 Å². The van der Waals surface area contributed by atoms with Gasteiger partial charge in [-0.05, 0) is 32.1 Å². The van der Waals surface area contributed by atoms with Gasteiger partial charge in [0.25, 0.3) is 0 Å². The molecule has 25 heavy (non-hydrogen) atoms. The molecule has 0 bridgehead atoms. The third-order valence-corrected chi connectivity index (χ3v) is 4.74. The maximum Gasteiger partial charge on any atom is 0.226 e. The van der Waals surface area contributed by atoms with Crippen LogP contribution in [0.3, 0.4) is 0 Å². The van der Waals surface area contributed by atoms with Crippen LogP contribution in [0, 0.1) is 0 Å². The van der Waals surface area contributed by atoms with Gasteiger partial charge in [0.05, 0.1) is 13.2 Å². The van der Waals surface area contributed by atoms with E-state index in [1.54, 1.807) is 18.0 Å². The minimum Gasteiger partial charge on any atom is -0.378 e. The number of ether oxygens (including phenoxy) is 1. The van der Waals surface area contributed by atoms with Crippen LogP contribution >= 0.6 is 0 Å². The van der Waals surface area contributed by atoms with E-state index >= 15 is 0 Å². The molecule has 0 spiro atoms. The van der Waals surface area contributed by atoms with E-state index in [1.165, 1.54) is 25.7 Å². The predicted molar refractivity (Wildman–Crippen MR) is 97.8 cm³/mol. The van der Waals surface area contributed by atoms with Crippen molar-refractivity contribution in [3.8, 4) is 0 Å². The molecule has 132 valence electrons. The summed E-state index contributed by atoms with van der Waals surface area (Å²) in [6.45, 7) is 3.90. The van der Waals surface area contributed by atoms with Gasteiger partial charge in [0.15, 0.2) is 17.0 Å². The van der Waals surface area contributed by atoms with E-state index in [0.29, 0.717) is 24.8 Å². The number of allylic oxidation sites excluding steroid dienone is 1. The number of nitrogens with zero attached hydrogens (tertiary/aromatic N) is 5. The maximum absolute atomic E-state index is 5.45. The molecule has 0 atom stereocenters.